The lowest BCUT2D eigenvalue weighted by Gasteiger charge is -2.11. The molecule has 0 bridgehead atoms. The first-order chi connectivity index (χ1) is 8.16. The first-order valence-corrected chi connectivity index (χ1v) is 5.19. The van der Waals surface area contributed by atoms with Crippen LogP contribution in [0.4, 0.5) is 5.69 Å². The summed E-state index contributed by atoms with van der Waals surface area (Å²) in [7, 11) is 0. The van der Waals surface area contributed by atoms with Crippen molar-refractivity contribution < 1.29 is 9.32 Å². The zero-order valence-electron chi connectivity index (χ0n) is 9.38. The summed E-state index contributed by atoms with van der Waals surface area (Å²) in [6.45, 7) is 1.98. The summed E-state index contributed by atoms with van der Waals surface area (Å²) in [6, 6.07) is 6.81. The zero-order valence-corrected chi connectivity index (χ0v) is 9.38. The molecule has 1 unspecified atom stereocenters. The van der Waals surface area contributed by atoms with Gasteiger partial charge in [0.05, 0.1) is 6.20 Å². The number of hydrogen-bond acceptors (Lipinski definition) is 4. The van der Waals surface area contributed by atoms with Crippen LogP contribution in [0.15, 0.2) is 41.2 Å². The topological polar surface area (TPSA) is 81.2 Å². The van der Waals surface area contributed by atoms with Gasteiger partial charge in [0.1, 0.15) is 18.0 Å². The van der Waals surface area contributed by atoms with Gasteiger partial charge in [-0.25, -0.2) is 0 Å². The third-order valence-electron chi connectivity index (χ3n) is 2.42. The average molecular weight is 231 g/mol. The quantitative estimate of drug-likeness (QED) is 0.841. The van der Waals surface area contributed by atoms with Crippen LogP contribution in [0.2, 0.25) is 0 Å². The smallest absolute Gasteiger partial charge is 0.246 e. The molecule has 1 aromatic heterocycles. The van der Waals surface area contributed by atoms with E-state index in [1.807, 2.05) is 31.2 Å². The Morgan fingerprint density at radius 2 is 2.12 bits per heavy atom. The van der Waals surface area contributed by atoms with Crippen LogP contribution in [0.3, 0.4) is 0 Å². The van der Waals surface area contributed by atoms with Crippen LogP contribution in [0.5, 0.6) is 0 Å². The first kappa shape index (κ1) is 11.3. The van der Waals surface area contributed by atoms with Crippen molar-refractivity contribution in [1.82, 2.24) is 5.16 Å². The maximum absolute atomic E-state index is 11.8. The summed E-state index contributed by atoms with van der Waals surface area (Å²) in [5.41, 5.74) is 8.23. The minimum Gasteiger partial charge on any atom is -0.363 e. The van der Waals surface area contributed by atoms with Gasteiger partial charge >= 0.3 is 0 Å². The van der Waals surface area contributed by atoms with Gasteiger partial charge in [-0.05, 0) is 12.5 Å². The molecule has 1 aromatic carbocycles. The van der Waals surface area contributed by atoms with Gasteiger partial charge in [-0.1, -0.05) is 35.0 Å². The molecule has 0 saturated heterocycles. The predicted octanol–water partition coefficient (Wildman–Crippen LogP) is 1.62. The summed E-state index contributed by atoms with van der Waals surface area (Å²) in [6.07, 6.45) is 2.76. The lowest BCUT2D eigenvalue weighted by atomic mass is 10.1. The molecule has 1 amide bonds. The molecular formula is C12H13N3O2. The number of anilines is 1. The fraction of sp³-hybridized carbons (Fsp3) is 0.167. The molecule has 0 radical (unpaired) electrons. The van der Waals surface area contributed by atoms with Crippen LogP contribution in [0, 0.1) is 6.92 Å². The number of aryl methyl sites for hydroxylation is 1. The van der Waals surface area contributed by atoms with Crippen molar-refractivity contribution in [2.24, 2.45) is 5.73 Å². The molecule has 17 heavy (non-hydrogen) atoms. The van der Waals surface area contributed by atoms with Crippen LogP contribution in [-0.4, -0.2) is 11.1 Å². The van der Waals surface area contributed by atoms with Gasteiger partial charge in [0, 0.05) is 0 Å². The molecule has 0 spiro atoms. The Balaban J connectivity index is 2.07. The van der Waals surface area contributed by atoms with E-state index in [1.165, 1.54) is 12.5 Å². The van der Waals surface area contributed by atoms with Gasteiger partial charge in [-0.15, -0.1) is 0 Å². The Kier molecular flexibility index (Phi) is 3.20. The van der Waals surface area contributed by atoms with Crippen LogP contribution < -0.4 is 11.1 Å². The monoisotopic (exact) mass is 231 g/mol. The predicted molar refractivity (Wildman–Crippen MR) is 63.2 cm³/mol. The minimum absolute atomic E-state index is 0.294. The van der Waals surface area contributed by atoms with E-state index in [-0.39, 0.29) is 5.91 Å². The summed E-state index contributed by atoms with van der Waals surface area (Å²) in [5.74, 6) is -0.294. The van der Waals surface area contributed by atoms with Crippen molar-refractivity contribution >= 4 is 11.6 Å². The van der Waals surface area contributed by atoms with E-state index >= 15 is 0 Å². The Morgan fingerprint density at radius 1 is 1.41 bits per heavy atom. The van der Waals surface area contributed by atoms with Crippen molar-refractivity contribution in [3.05, 3.63) is 47.9 Å². The van der Waals surface area contributed by atoms with Crippen molar-refractivity contribution in [2.75, 3.05) is 5.32 Å². The van der Waals surface area contributed by atoms with Gasteiger partial charge in [0.25, 0.3) is 0 Å². The fourth-order valence-corrected chi connectivity index (χ4v) is 1.41. The molecule has 0 aliphatic rings. The third-order valence-corrected chi connectivity index (χ3v) is 2.42. The Labute approximate surface area is 98.6 Å². The van der Waals surface area contributed by atoms with Crippen molar-refractivity contribution in [3.8, 4) is 0 Å². The molecule has 2 rings (SSSR count). The van der Waals surface area contributed by atoms with Crippen LogP contribution in [-0.2, 0) is 4.79 Å². The molecule has 3 N–H and O–H groups in total. The molecule has 0 fully saturated rings. The molecule has 0 aliphatic carbocycles. The van der Waals surface area contributed by atoms with Gasteiger partial charge in [0.2, 0.25) is 5.91 Å². The molecule has 1 atom stereocenters. The third kappa shape index (κ3) is 2.70. The van der Waals surface area contributed by atoms with E-state index in [2.05, 4.69) is 15.0 Å². The molecule has 0 saturated carbocycles. The Hall–Kier alpha value is -2.14. The van der Waals surface area contributed by atoms with E-state index in [1.54, 1.807) is 0 Å². The molecular weight excluding hydrogens is 218 g/mol. The molecule has 1 heterocycles. The fourth-order valence-electron chi connectivity index (χ4n) is 1.41. The lowest BCUT2D eigenvalue weighted by Crippen LogP contribution is -2.27. The Morgan fingerprint density at radius 3 is 2.71 bits per heavy atom. The van der Waals surface area contributed by atoms with Crippen LogP contribution in [0.25, 0.3) is 0 Å². The number of carbonyl (C=O) groups excluding carboxylic acids is 1. The number of amides is 1. The largest absolute Gasteiger partial charge is 0.363 e. The highest BCUT2D eigenvalue weighted by molar-refractivity contribution is 5.95. The highest BCUT2D eigenvalue weighted by Crippen LogP contribution is 2.14. The molecule has 88 valence electrons. The molecule has 2 aromatic rings. The second-order valence-corrected chi connectivity index (χ2v) is 3.79. The number of hydrogen-bond donors (Lipinski definition) is 2. The Bertz CT molecular complexity index is 491. The van der Waals surface area contributed by atoms with E-state index < -0.39 is 6.04 Å². The van der Waals surface area contributed by atoms with Crippen LogP contribution >= 0.6 is 0 Å². The highest BCUT2D eigenvalue weighted by Gasteiger charge is 2.16. The molecule has 5 heteroatoms. The van der Waals surface area contributed by atoms with E-state index in [0.29, 0.717) is 5.69 Å². The highest BCUT2D eigenvalue weighted by atomic mass is 16.5. The van der Waals surface area contributed by atoms with E-state index in [4.69, 9.17) is 5.73 Å². The summed E-state index contributed by atoms with van der Waals surface area (Å²) < 4.78 is 4.61. The number of carbonyl (C=O) groups is 1. The van der Waals surface area contributed by atoms with E-state index in [0.717, 1.165) is 11.1 Å². The molecule has 0 aliphatic heterocycles. The van der Waals surface area contributed by atoms with Gasteiger partial charge in [0.15, 0.2) is 0 Å². The maximum Gasteiger partial charge on any atom is 0.246 e. The second kappa shape index (κ2) is 4.80. The SMILES string of the molecule is Cc1ccc(C(N)C(=O)Nc2cnoc2)cc1. The van der Waals surface area contributed by atoms with Gasteiger partial charge < -0.3 is 15.6 Å². The number of nitrogens with two attached hydrogens (primary N) is 1. The summed E-state index contributed by atoms with van der Waals surface area (Å²) >= 11 is 0. The number of nitrogens with one attached hydrogen (secondary N) is 1. The normalized spacial score (nSPS) is 12.1. The average Bonchev–Trinajstić information content (AvgIpc) is 2.82. The van der Waals surface area contributed by atoms with Crippen molar-refractivity contribution in [3.63, 3.8) is 0 Å². The summed E-state index contributed by atoms with van der Waals surface area (Å²) in [4.78, 5) is 11.8. The minimum atomic E-state index is -0.703. The van der Waals surface area contributed by atoms with E-state index in [9.17, 15) is 4.79 Å². The number of aromatic nitrogens is 1. The van der Waals surface area contributed by atoms with Crippen LogP contribution in [0.1, 0.15) is 17.2 Å². The second-order valence-electron chi connectivity index (χ2n) is 3.79. The lowest BCUT2D eigenvalue weighted by molar-refractivity contribution is -0.117. The summed E-state index contributed by atoms with van der Waals surface area (Å²) in [5, 5.41) is 6.10. The number of nitrogens with zero attached hydrogens (tertiary/aromatic N) is 1. The molecule has 5 nitrogen and oxygen atoms in total. The first-order valence-electron chi connectivity index (χ1n) is 5.19. The number of benzene rings is 1. The van der Waals surface area contributed by atoms with Crippen molar-refractivity contribution in [1.29, 1.82) is 0 Å². The number of rotatable bonds is 3. The maximum atomic E-state index is 11.8. The zero-order chi connectivity index (χ0) is 12.3. The van der Waals surface area contributed by atoms with Gasteiger partial charge in [-0.2, -0.15) is 0 Å². The van der Waals surface area contributed by atoms with Gasteiger partial charge in [-0.3, -0.25) is 4.79 Å². The standard InChI is InChI=1S/C12H13N3O2/c1-8-2-4-9(5-3-8)11(13)12(16)15-10-6-14-17-7-10/h2-7,11H,13H2,1H3,(H,15,16). The van der Waals surface area contributed by atoms with Crippen molar-refractivity contribution in [2.45, 2.75) is 13.0 Å².